The van der Waals surface area contributed by atoms with Gasteiger partial charge in [-0.3, -0.25) is 9.78 Å². The quantitative estimate of drug-likeness (QED) is 0.587. The first-order valence-corrected chi connectivity index (χ1v) is 10.7. The predicted molar refractivity (Wildman–Crippen MR) is 109 cm³/mol. The van der Waals surface area contributed by atoms with E-state index >= 15 is 0 Å². The molecule has 0 saturated carbocycles. The number of nitrogens with one attached hydrogen (secondary N) is 1. The fourth-order valence-corrected chi connectivity index (χ4v) is 4.19. The molecule has 3 rings (SSSR count). The number of nitrogens with zero attached hydrogens (tertiary/aromatic N) is 1. The smallest absolute Gasteiger partial charge is 0.252 e. The topological polar surface area (TPSA) is 42.0 Å². The number of rotatable bonds is 6. The molecule has 25 heavy (non-hydrogen) atoms. The van der Waals surface area contributed by atoms with Gasteiger partial charge in [-0.15, -0.1) is 0 Å². The standard InChI is InChI=1S/C19H17ClN2OS2/c1-24-25-17-4-2-3-15-16(10-12-21-18(15)17)19(23)22-11-9-13-5-7-14(20)8-6-13/h2-8,10,12H,9,11H2,1H3,(H,22,23). The van der Waals surface area contributed by atoms with Crippen LogP contribution in [0.3, 0.4) is 0 Å². The molecular formula is C19H17ClN2OS2. The number of carbonyl (C=O) groups is 1. The summed E-state index contributed by atoms with van der Waals surface area (Å²) in [7, 11) is 3.32. The number of fused-ring (bicyclic) bond motifs is 1. The van der Waals surface area contributed by atoms with Crippen molar-refractivity contribution in [2.45, 2.75) is 11.3 Å². The summed E-state index contributed by atoms with van der Waals surface area (Å²) in [6.07, 6.45) is 4.48. The van der Waals surface area contributed by atoms with Crippen LogP contribution in [0.25, 0.3) is 10.9 Å². The highest BCUT2D eigenvalue weighted by molar-refractivity contribution is 8.76. The van der Waals surface area contributed by atoms with Crippen molar-refractivity contribution >= 4 is 50.0 Å². The molecule has 1 N–H and O–H groups in total. The lowest BCUT2D eigenvalue weighted by atomic mass is 10.1. The van der Waals surface area contributed by atoms with Crippen molar-refractivity contribution in [3.8, 4) is 0 Å². The monoisotopic (exact) mass is 388 g/mol. The van der Waals surface area contributed by atoms with E-state index in [0.29, 0.717) is 12.1 Å². The largest absolute Gasteiger partial charge is 0.352 e. The van der Waals surface area contributed by atoms with Gasteiger partial charge in [0.05, 0.1) is 11.1 Å². The van der Waals surface area contributed by atoms with Crippen LogP contribution in [0.1, 0.15) is 15.9 Å². The van der Waals surface area contributed by atoms with Crippen LogP contribution < -0.4 is 5.32 Å². The van der Waals surface area contributed by atoms with Gasteiger partial charge in [0.15, 0.2) is 0 Å². The van der Waals surface area contributed by atoms with E-state index in [4.69, 9.17) is 11.6 Å². The number of para-hydroxylation sites is 1. The molecule has 0 spiro atoms. The highest BCUT2D eigenvalue weighted by Gasteiger charge is 2.12. The van der Waals surface area contributed by atoms with Crippen molar-refractivity contribution in [3.05, 3.63) is 70.9 Å². The van der Waals surface area contributed by atoms with Crippen LogP contribution in [0.2, 0.25) is 5.02 Å². The van der Waals surface area contributed by atoms with Crippen molar-refractivity contribution in [2.75, 3.05) is 12.8 Å². The molecule has 128 valence electrons. The summed E-state index contributed by atoms with van der Waals surface area (Å²) in [6, 6.07) is 15.4. The Kier molecular flexibility index (Phi) is 6.24. The first-order chi connectivity index (χ1) is 12.2. The van der Waals surface area contributed by atoms with Crippen molar-refractivity contribution < 1.29 is 4.79 Å². The maximum absolute atomic E-state index is 12.6. The number of halogens is 1. The average molecular weight is 389 g/mol. The minimum atomic E-state index is -0.0762. The summed E-state index contributed by atoms with van der Waals surface area (Å²) in [4.78, 5) is 18.1. The Bertz CT molecular complexity index is 884. The van der Waals surface area contributed by atoms with Crippen LogP contribution in [0.15, 0.2) is 59.6 Å². The van der Waals surface area contributed by atoms with Gasteiger partial charge in [0.1, 0.15) is 0 Å². The van der Waals surface area contributed by atoms with E-state index in [9.17, 15) is 4.79 Å². The second kappa shape index (κ2) is 8.61. The van der Waals surface area contributed by atoms with Crippen LogP contribution in [-0.4, -0.2) is 23.7 Å². The van der Waals surface area contributed by atoms with Crippen LogP contribution >= 0.6 is 33.2 Å². The molecular weight excluding hydrogens is 372 g/mol. The van der Waals surface area contributed by atoms with Gasteiger partial charge in [-0.2, -0.15) is 0 Å². The Morgan fingerprint density at radius 3 is 2.72 bits per heavy atom. The van der Waals surface area contributed by atoms with Crippen molar-refractivity contribution in [1.82, 2.24) is 10.3 Å². The highest BCUT2D eigenvalue weighted by atomic mass is 35.5. The lowest BCUT2D eigenvalue weighted by Crippen LogP contribution is -2.26. The first kappa shape index (κ1) is 18.1. The van der Waals surface area contributed by atoms with E-state index in [-0.39, 0.29) is 5.91 Å². The van der Waals surface area contributed by atoms with Crippen molar-refractivity contribution in [2.24, 2.45) is 0 Å². The molecule has 1 aromatic heterocycles. The molecule has 0 atom stereocenters. The normalized spacial score (nSPS) is 10.8. The SMILES string of the molecule is CSSc1cccc2c(C(=O)NCCc3ccc(Cl)cc3)ccnc12. The second-order valence-corrected chi connectivity index (χ2v) is 8.27. The predicted octanol–water partition coefficient (Wildman–Crippen LogP) is 5.23. The summed E-state index contributed by atoms with van der Waals surface area (Å²) in [6.45, 7) is 0.573. The number of amides is 1. The van der Waals surface area contributed by atoms with E-state index in [1.807, 2.05) is 48.7 Å². The molecule has 1 amide bonds. The average Bonchev–Trinajstić information content (AvgIpc) is 2.63. The van der Waals surface area contributed by atoms with E-state index < -0.39 is 0 Å². The number of hydrogen-bond donors (Lipinski definition) is 1. The second-order valence-electron chi connectivity index (χ2n) is 5.39. The molecule has 3 aromatic rings. The van der Waals surface area contributed by atoms with Crippen molar-refractivity contribution in [3.63, 3.8) is 0 Å². The van der Waals surface area contributed by atoms with Crippen LogP contribution in [0, 0.1) is 0 Å². The molecule has 2 aromatic carbocycles. The number of hydrogen-bond acceptors (Lipinski definition) is 4. The zero-order chi connectivity index (χ0) is 17.6. The van der Waals surface area contributed by atoms with E-state index in [1.165, 1.54) is 0 Å². The molecule has 0 unspecified atom stereocenters. The van der Waals surface area contributed by atoms with E-state index in [2.05, 4.69) is 10.3 Å². The van der Waals surface area contributed by atoms with Crippen molar-refractivity contribution in [1.29, 1.82) is 0 Å². The summed E-state index contributed by atoms with van der Waals surface area (Å²) in [5, 5.41) is 4.59. The molecule has 0 saturated heterocycles. The zero-order valence-electron chi connectivity index (χ0n) is 13.7. The van der Waals surface area contributed by atoms with Gasteiger partial charge in [0.2, 0.25) is 0 Å². The zero-order valence-corrected chi connectivity index (χ0v) is 16.0. The van der Waals surface area contributed by atoms with Gasteiger partial charge in [-0.05, 0) is 42.5 Å². The van der Waals surface area contributed by atoms with Gasteiger partial charge < -0.3 is 5.32 Å². The number of carbonyl (C=O) groups excluding carboxylic acids is 1. The fraction of sp³-hybridized carbons (Fsp3) is 0.158. The summed E-state index contributed by atoms with van der Waals surface area (Å²) >= 11 is 5.89. The summed E-state index contributed by atoms with van der Waals surface area (Å²) < 4.78 is 0. The molecule has 0 bridgehead atoms. The Labute approximate surface area is 160 Å². The highest BCUT2D eigenvalue weighted by Crippen LogP contribution is 2.34. The van der Waals surface area contributed by atoms with Gasteiger partial charge in [0, 0.05) is 28.0 Å². The third-order valence-corrected chi connectivity index (χ3v) is 5.73. The van der Waals surface area contributed by atoms with E-state index in [0.717, 1.165) is 32.8 Å². The molecule has 0 aliphatic carbocycles. The Morgan fingerprint density at radius 1 is 1.16 bits per heavy atom. The molecule has 1 heterocycles. The van der Waals surface area contributed by atoms with Gasteiger partial charge in [0.25, 0.3) is 5.91 Å². The molecule has 6 heteroatoms. The lowest BCUT2D eigenvalue weighted by molar-refractivity contribution is 0.0955. The third kappa shape index (κ3) is 4.48. The number of benzene rings is 2. The Balaban J connectivity index is 1.73. The Hall–Kier alpha value is -1.69. The number of pyridine rings is 1. The van der Waals surface area contributed by atoms with E-state index in [1.54, 1.807) is 33.9 Å². The fourth-order valence-electron chi connectivity index (χ4n) is 2.57. The molecule has 3 nitrogen and oxygen atoms in total. The number of aromatic nitrogens is 1. The van der Waals surface area contributed by atoms with Gasteiger partial charge >= 0.3 is 0 Å². The maximum atomic E-state index is 12.6. The minimum Gasteiger partial charge on any atom is -0.352 e. The van der Waals surface area contributed by atoms with Crippen LogP contribution in [0.5, 0.6) is 0 Å². The van der Waals surface area contributed by atoms with Crippen LogP contribution in [0.4, 0.5) is 0 Å². The lowest BCUT2D eigenvalue weighted by Gasteiger charge is -2.09. The molecule has 0 fully saturated rings. The van der Waals surface area contributed by atoms with Crippen LogP contribution in [-0.2, 0) is 6.42 Å². The third-order valence-electron chi connectivity index (χ3n) is 3.76. The molecule has 0 radical (unpaired) electrons. The molecule has 0 aliphatic rings. The molecule has 0 aliphatic heterocycles. The Morgan fingerprint density at radius 2 is 1.96 bits per heavy atom. The summed E-state index contributed by atoms with van der Waals surface area (Å²) in [5.41, 5.74) is 2.67. The minimum absolute atomic E-state index is 0.0762. The van der Waals surface area contributed by atoms with Gasteiger partial charge in [-0.1, -0.05) is 57.5 Å². The van der Waals surface area contributed by atoms with Gasteiger partial charge in [-0.25, -0.2) is 0 Å². The maximum Gasteiger partial charge on any atom is 0.252 e. The summed E-state index contributed by atoms with van der Waals surface area (Å²) in [5.74, 6) is -0.0762. The first-order valence-electron chi connectivity index (χ1n) is 7.80.